The fourth-order valence-electron chi connectivity index (χ4n) is 2.20. The molecule has 2 rings (SSSR count). The number of ether oxygens (including phenoxy) is 2. The molecule has 0 atom stereocenters. The molecule has 1 aromatic rings. The number of nitrogens with zero attached hydrogens (tertiary/aromatic N) is 3. The van der Waals surface area contributed by atoms with Gasteiger partial charge in [-0.05, 0) is 20.8 Å². The summed E-state index contributed by atoms with van der Waals surface area (Å²) in [7, 11) is 0. The third kappa shape index (κ3) is 3.66. The topological polar surface area (TPSA) is 77.2 Å². The number of aryl methyl sites for hydroxylation is 2. The number of alkyl halides is 2. The van der Waals surface area contributed by atoms with Gasteiger partial charge in [0.2, 0.25) is 0 Å². The Bertz CT molecular complexity index is 575. The van der Waals surface area contributed by atoms with E-state index in [-0.39, 0.29) is 23.6 Å². The van der Waals surface area contributed by atoms with Gasteiger partial charge in [-0.15, -0.1) is 0 Å². The molecule has 0 amide bonds. The molecule has 0 N–H and O–H groups in total. The van der Waals surface area contributed by atoms with E-state index in [4.69, 9.17) is 9.26 Å². The van der Waals surface area contributed by atoms with Crippen LogP contribution in [0.4, 0.5) is 8.78 Å². The fourth-order valence-corrected chi connectivity index (χ4v) is 2.20. The van der Waals surface area contributed by atoms with Gasteiger partial charge < -0.3 is 14.0 Å². The summed E-state index contributed by atoms with van der Waals surface area (Å²) in [6.07, 6.45) is 0. The van der Waals surface area contributed by atoms with Crippen molar-refractivity contribution in [1.29, 1.82) is 0 Å². The number of carbonyl (C=O) groups excluding carboxylic acids is 1. The van der Waals surface area contributed by atoms with Gasteiger partial charge in [0.25, 0.3) is 0 Å². The third-order valence-electron chi connectivity index (χ3n) is 3.33. The van der Waals surface area contributed by atoms with Crippen molar-refractivity contribution in [1.82, 2.24) is 10.2 Å². The SMILES string of the molecule is CCOC(=O)C(F)(F)/C(=N\N1CCOCC1)c1c(C)noc1C. The van der Waals surface area contributed by atoms with Gasteiger partial charge in [-0.1, -0.05) is 5.16 Å². The number of carbonyl (C=O) groups is 1. The smallest absolute Gasteiger partial charge is 0.386 e. The highest BCUT2D eigenvalue weighted by Gasteiger charge is 2.49. The number of aromatic nitrogens is 1. The second-order valence-electron chi connectivity index (χ2n) is 5.01. The van der Waals surface area contributed by atoms with Crippen molar-refractivity contribution in [2.24, 2.45) is 5.10 Å². The van der Waals surface area contributed by atoms with Crippen LogP contribution in [-0.4, -0.2) is 60.7 Å². The predicted octanol–water partition coefficient (Wildman–Crippen LogP) is 1.53. The van der Waals surface area contributed by atoms with Gasteiger partial charge in [-0.25, -0.2) is 4.79 Å². The zero-order valence-electron chi connectivity index (χ0n) is 13.3. The Morgan fingerprint density at radius 2 is 2.04 bits per heavy atom. The van der Waals surface area contributed by atoms with Gasteiger partial charge in [0.15, 0.2) is 5.71 Å². The molecule has 1 fully saturated rings. The minimum atomic E-state index is -3.91. The first-order valence-corrected chi connectivity index (χ1v) is 7.28. The molecule has 1 saturated heterocycles. The highest BCUT2D eigenvalue weighted by Crippen LogP contribution is 2.27. The van der Waals surface area contributed by atoms with Crippen LogP contribution in [0.15, 0.2) is 9.62 Å². The highest BCUT2D eigenvalue weighted by molar-refractivity contribution is 6.17. The number of halogens is 2. The molecule has 0 unspecified atom stereocenters. The van der Waals surface area contributed by atoms with E-state index in [1.54, 1.807) is 0 Å². The molecule has 1 aliphatic rings. The number of hydrogen-bond acceptors (Lipinski definition) is 7. The lowest BCUT2D eigenvalue weighted by atomic mass is 10.0. The van der Waals surface area contributed by atoms with E-state index >= 15 is 0 Å². The minimum Gasteiger partial charge on any atom is -0.461 e. The summed E-state index contributed by atoms with van der Waals surface area (Å²) in [5.74, 6) is -5.39. The lowest BCUT2D eigenvalue weighted by Crippen LogP contribution is -2.43. The molecular formula is C14H19F2N3O4. The number of hydrazone groups is 1. The first-order valence-electron chi connectivity index (χ1n) is 7.28. The van der Waals surface area contributed by atoms with Crippen LogP contribution in [0.25, 0.3) is 0 Å². The molecule has 0 aromatic carbocycles. The predicted molar refractivity (Wildman–Crippen MR) is 76.5 cm³/mol. The maximum Gasteiger partial charge on any atom is 0.386 e. The Morgan fingerprint density at radius 1 is 1.39 bits per heavy atom. The molecule has 2 heterocycles. The van der Waals surface area contributed by atoms with Gasteiger partial charge in [-0.2, -0.15) is 13.9 Å². The molecule has 1 aromatic heterocycles. The van der Waals surface area contributed by atoms with Crippen molar-refractivity contribution in [2.75, 3.05) is 32.9 Å². The van der Waals surface area contributed by atoms with Crippen LogP contribution in [0.2, 0.25) is 0 Å². The van der Waals surface area contributed by atoms with E-state index in [0.29, 0.717) is 26.3 Å². The Labute approximate surface area is 132 Å². The van der Waals surface area contributed by atoms with E-state index in [9.17, 15) is 13.6 Å². The standard InChI is InChI=1S/C14H19F2N3O4/c1-4-22-13(20)14(15,16)12(11-9(2)18-23-10(11)3)17-19-5-7-21-8-6-19/h4-8H2,1-3H3/b17-12-. The van der Waals surface area contributed by atoms with E-state index in [2.05, 4.69) is 15.0 Å². The van der Waals surface area contributed by atoms with Crippen LogP contribution >= 0.6 is 0 Å². The molecular weight excluding hydrogens is 312 g/mol. The average Bonchev–Trinajstić information content (AvgIpc) is 2.85. The maximum atomic E-state index is 14.6. The van der Waals surface area contributed by atoms with Gasteiger partial charge in [0.05, 0.1) is 44.2 Å². The van der Waals surface area contributed by atoms with E-state index in [1.807, 2.05) is 0 Å². The van der Waals surface area contributed by atoms with Crippen LogP contribution < -0.4 is 0 Å². The Morgan fingerprint density at radius 3 is 2.57 bits per heavy atom. The Balaban J connectivity index is 2.47. The molecule has 0 spiro atoms. The zero-order valence-corrected chi connectivity index (χ0v) is 13.3. The van der Waals surface area contributed by atoms with E-state index < -0.39 is 17.6 Å². The molecule has 0 radical (unpaired) electrons. The molecule has 7 nitrogen and oxygen atoms in total. The normalized spacial score (nSPS) is 16.6. The summed E-state index contributed by atoms with van der Waals surface area (Å²) in [4.78, 5) is 11.7. The van der Waals surface area contributed by atoms with E-state index in [0.717, 1.165) is 0 Å². The molecule has 128 valence electrons. The Kier molecular flexibility index (Phi) is 5.30. The van der Waals surface area contributed by atoms with Crippen LogP contribution in [0.1, 0.15) is 23.9 Å². The highest BCUT2D eigenvalue weighted by atomic mass is 19.3. The number of morpholine rings is 1. The van der Waals surface area contributed by atoms with Crippen molar-refractivity contribution in [3.05, 3.63) is 17.0 Å². The van der Waals surface area contributed by atoms with Gasteiger partial charge in [-0.3, -0.25) is 5.01 Å². The van der Waals surface area contributed by atoms with Crippen LogP contribution in [-0.2, 0) is 14.3 Å². The molecule has 0 aliphatic carbocycles. The Hall–Kier alpha value is -2.03. The van der Waals surface area contributed by atoms with Crippen LogP contribution in [0.5, 0.6) is 0 Å². The second-order valence-corrected chi connectivity index (χ2v) is 5.01. The van der Waals surface area contributed by atoms with E-state index in [1.165, 1.54) is 25.8 Å². The van der Waals surface area contributed by atoms with Crippen LogP contribution in [0.3, 0.4) is 0 Å². The van der Waals surface area contributed by atoms with Crippen molar-refractivity contribution in [2.45, 2.75) is 26.7 Å². The summed E-state index contributed by atoms with van der Waals surface area (Å²) in [5, 5.41) is 9.10. The quantitative estimate of drug-likeness (QED) is 0.601. The summed E-state index contributed by atoms with van der Waals surface area (Å²) < 4.78 is 43.8. The molecule has 9 heteroatoms. The van der Waals surface area contributed by atoms with Gasteiger partial charge >= 0.3 is 11.9 Å². The lowest BCUT2D eigenvalue weighted by Gasteiger charge is -2.26. The van der Waals surface area contributed by atoms with Crippen molar-refractivity contribution in [3.63, 3.8) is 0 Å². The van der Waals surface area contributed by atoms with Gasteiger partial charge in [0.1, 0.15) is 5.76 Å². The van der Waals surface area contributed by atoms with Crippen molar-refractivity contribution < 1.29 is 27.6 Å². The first-order chi connectivity index (χ1) is 10.9. The number of hydrogen-bond donors (Lipinski definition) is 0. The average molecular weight is 331 g/mol. The minimum absolute atomic E-state index is 0.0227. The summed E-state index contributed by atoms with van der Waals surface area (Å²) in [6, 6.07) is 0. The van der Waals surface area contributed by atoms with Crippen molar-refractivity contribution >= 4 is 11.7 Å². The molecule has 23 heavy (non-hydrogen) atoms. The van der Waals surface area contributed by atoms with Gasteiger partial charge in [0, 0.05) is 0 Å². The summed E-state index contributed by atoms with van der Waals surface area (Å²) >= 11 is 0. The zero-order chi connectivity index (χ0) is 17.0. The summed E-state index contributed by atoms with van der Waals surface area (Å²) in [5.41, 5.74) is -0.456. The number of rotatable bonds is 5. The molecule has 0 saturated carbocycles. The second kappa shape index (κ2) is 7.03. The first kappa shape index (κ1) is 17.3. The molecule has 0 bridgehead atoms. The fraction of sp³-hybridized carbons (Fsp3) is 0.643. The van der Waals surface area contributed by atoms with Crippen molar-refractivity contribution in [3.8, 4) is 0 Å². The third-order valence-corrected chi connectivity index (χ3v) is 3.33. The largest absolute Gasteiger partial charge is 0.461 e. The summed E-state index contributed by atoms with van der Waals surface area (Å²) in [6.45, 7) is 5.78. The molecule has 1 aliphatic heterocycles. The maximum absolute atomic E-state index is 14.6. The lowest BCUT2D eigenvalue weighted by molar-refractivity contribution is -0.162. The van der Waals surface area contributed by atoms with Crippen LogP contribution in [0, 0.1) is 13.8 Å². The monoisotopic (exact) mass is 331 g/mol. The number of esters is 1.